The highest BCUT2D eigenvalue weighted by Gasteiger charge is 2.23. The minimum absolute atomic E-state index is 0.276. The number of nitrogens with one attached hydrogen (secondary N) is 2. The van der Waals surface area contributed by atoms with E-state index in [1.807, 2.05) is 52.1 Å². The molecular weight excluding hydrogens is 380 g/mol. The van der Waals surface area contributed by atoms with Crippen LogP contribution in [0.5, 0.6) is 0 Å². The fraction of sp³-hybridized carbons (Fsp3) is 0.294. The van der Waals surface area contributed by atoms with Crippen LogP contribution in [0.25, 0.3) is 11.0 Å². The fourth-order valence-corrected chi connectivity index (χ4v) is 2.79. The molecule has 0 fully saturated rings. The van der Waals surface area contributed by atoms with E-state index < -0.39 is 0 Å². The number of aromatic amines is 1. The highest BCUT2D eigenvalue weighted by molar-refractivity contribution is 6.30. The van der Waals surface area contributed by atoms with Gasteiger partial charge in [0.2, 0.25) is 0 Å². The zero-order valence-electron chi connectivity index (χ0n) is 15.8. The molecule has 0 saturated heterocycles. The van der Waals surface area contributed by atoms with Crippen molar-refractivity contribution in [3.05, 3.63) is 35.6 Å². The van der Waals surface area contributed by atoms with Crippen molar-refractivity contribution in [1.82, 2.24) is 40.4 Å². The second kappa shape index (κ2) is 6.71. The lowest BCUT2D eigenvalue weighted by atomic mass is 10.1. The lowest BCUT2D eigenvalue weighted by molar-refractivity contribution is 0.306. The number of fused-ring (bicyclic) bond motifs is 1. The number of aromatic nitrogens is 8. The van der Waals surface area contributed by atoms with Crippen LogP contribution < -0.4 is 10.2 Å². The molecule has 0 amide bonds. The number of hydrogen-bond acceptors (Lipinski definition) is 8. The lowest BCUT2D eigenvalue weighted by Crippen LogP contribution is -2.25. The molecule has 1 aromatic carbocycles. The molecule has 0 unspecified atom stereocenters. The maximum Gasteiger partial charge on any atom is 0.271 e. The van der Waals surface area contributed by atoms with Crippen molar-refractivity contribution in [3.8, 4) is 0 Å². The highest BCUT2D eigenvalue weighted by atomic mass is 35.5. The van der Waals surface area contributed by atoms with Crippen molar-refractivity contribution in [2.24, 2.45) is 0 Å². The number of halogens is 1. The Morgan fingerprint density at radius 3 is 2.75 bits per heavy atom. The van der Waals surface area contributed by atoms with Crippen molar-refractivity contribution in [2.75, 3.05) is 17.3 Å². The molecule has 144 valence electrons. The van der Waals surface area contributed by atoms with Gasteiger partial charge in [-0.2, -0.15) is 9.90 Å². The summed E-state index contributed by atoms with van der Waals surface area (Å²) in [6.45, 7) is 6.01. The molecular formula is C17H19ClN10. The fourth-order valence-electron chi connectivity index (χ4n) is 2.60. The first-order valence-corrected chi connectivity index (χ1v) is 8.96. The van der Waals surface area contributed by atoms with Gasteiger partial charge in [0.05, 0.1) is 5.54 Å². The van der Waals surface area contributed by atoms with Gasteiger partial charge in [0.1, 0.15) is 17.5 Å². The molecule has 3 aromatic heterocycles. The Morgan fingerprint density at radius 2 is 2.04 bits per heavy atom. The van der Waals surface area contributed by atoms with Gasteiger partial charge in [-0.15, -0.1) is 5.10 Å². The molecule has 10 nitrogen and oxygen atoms in total. The third-order valence-electron chi connectivity index (χ3n) is 4.05. The molecule has 3 heterocycles. The third kappa shape index (κ3) is 3.33. The summed E-state index contributed by atoms with van der Waals surface area (Å²) in [6, 6.07) is 7.39. The first-order valence-electron chi connectivity index (χ1n) is 8.59. The first-order chi connectivity index (χ1) is 13.3. The van der Waals surface area contributed by atoms with E-state index in [2.05, 4.69) is 40.9 Å². The van der Waals surface area contributed by atoms with Crippen LogP contribution in [0.2, 0.25) is 5.02 Å². The number of rotatable bonds is 4. The van der Waals surface area contributed by atoms with Crippen molar-refractivity contribution >= 4 is 45.9 Å². The molecule has 11 heteroatoms. The number of anilines is 4. The van der Waals surface area contributed by atoms with E-state index >= 15 is 0 Å². The van der Waals surface area contributed by atoms with Gasteiger partial charge in [-0.3, -0.25) is 10.00 Å². The Balaban J connectivity index is 1.75. The largest absolute Gasteiger partial charge is 0.339 e. The number of tetrazole rings is 1. The minimum atomic E-state index is -0.276. The number of hydrogen-bond donors (Lipinski definition) is 2. The van der Waals surface area contributed by atoms with Crippen LogP contribution in [-0.2, 0) is 5.54 Å². The maximum atomic E-state index is 6.08. The van der Waals surface area contributed by atoms with Crippen molar-refractivity contribution in [2.45, 2.75) is 26.3 Å². The molecule has 2 N–H and O–H groups in total. The summed E-state index contributed by atoms with van der Waals surface area (Å²) < 4.78 is 0. The molecule has 4 aromatic rings. The van der Waals surface area contributed by atoms with Gasteiger partial charge in [0.25, 0.3) is 5.95 Å². The molecule has 0 aliphatic heterocycles. The molecule has 0 aliphatic carbocycles. The van der Waals surface area contributed by atoms with Gasteiger partial charge in [-0.1, -0.05) is 22.8 Å². The van der Waals surface area contributed by atoms with E-state index in [0.717, 1.165) is 5.69 Å². The SMILES string of the molecule is CN(c1nnn(C(C)(C)C)n1)c1n[nH]c2ncnc(Nc3cccc(Cl)c3)c12. The Kier molecular flexibility index (Phi) is 4.34. The van der Waals surface area contributed by atoms with Gasteiger partial charge in [-0.05, 0) is 44.2 Å². The molecule has 0 bridgehead atoms. The quantitative estimate of drug-likeness (QED) is 0.538. The van der Waals surface area contributed by atoms with E-state index in [1.54, 1.807) is 9.70 Å². The Labute approximate surface area is 165 Å². The summed E-state index contributed by atoms with van der Waals surface area (Å²) >= 11 is 6.08. The van der Waals surface area contributed by atoms with Crippen molar-refractivity contribution in [1.29, 1.82) is 0 Å². The van der Waals surface area contributed by atoms with Crippen LogP contribution in [0.1, 0.15) is 20.8 Å². The summed E-state index contributed by atoms with van der Waals surface area (Å²) in [5, 5.41) is 24.6. The van der Waals surface area contributed by atoms with E-state index in [4.69, 9.17) is 11.6 Å². The molecule has 28 heavy (non-hydrogen) atoms. The molecule has 4 rings (SSSR count). The van der Waals surface area contributed by atoms with E-state index in [1.165, 1.54) is 6.33 Å². The summed E-state index contributed by atoms with van der Waals surface area (Å²) in [4.78, 5) is 11.9. The molecule has 0 radical (unpaired) electrons. The van der Waals surface area contributed by atoms with Gasteiger partial charge in [0.15, 0.2) is 11.5 Å². The summed E-state index contributed by atoms with van der Waals surface area (Å²) in [6.07, 6.45) is 1.46. The second-order valence-electron chi connectivity index (χ2n) is 7.24. The third-order valence-corrected chi connectivity index (χ3v) is 4.28. The Hall–Kier alpha value is -3.27. The monoisotopic (exact) mass is 398 g/mol. The second-order valence-corrected chi connectivity index (χ2v) is 7.67. The van der Waals surface area contributed by atoms with Crippen LogP contribution in [0, 0.1) is 0 Å². The Bertz CT molecular complexity index is 1130. The summed E-state index contributed by atoms with van der Waals surface area (Å²) in [7, 11) is 1.82. The normalized spacial score (nSPS) is 11.8. The van der Waals surface area contributed by atoms with Gasteiger partial charge < -0.3 is 5.32 Å². The Morgan fingerprint density at radius 1 is 1.21 bits per heavy atom. The average Bonchev–Trinajstić information content (AvgIpc) is 3.29. The van der Waals surface area contributed by atoms with Crippen LogP contribution >= 0.6 is 11.6 Å². The van der Waals surface area contributed by atoms with Crippen molar-refractivity contribution < 1.29 is 0 Å². The van der Waals surface area contributed by atoms with Crippen molar-refractivity contribution in [3.63, 3.8) is 0 Å². The van der Waals surface area contributed by atoms with E-state index in [-0.39, 0.29) is 5.54 Å². The summed E-state index contributed by atoms with van der Waals surface area (Å²) in [5.41, 5.74) is 1.12. The first kappa shape index (κ1) is 18.1. The predicted octanol–water partition coefficient (Wildman–Crippen LogP) is 3.26. The number of nitrogens with zero attached hydrogens (tertiary/aromatic N) is 8. The topological polar surface area (TPSA) is 113 Å². The van der Waals surface area contributed by atoms with Gasteiger partial charge >= 0.3 is 0 Å². The zero-order chi connectivity index (χ0) is 19.9. The average molecular weight is 399 g/mol. The predicted molar refractivity (Wildman–Crippen MR) is 107 cm³/mol. The van der Waals surface area contributed by atoms with E-state index in [0.29, 0.717) is 33.6 Å². The number of H-pyrrole nitrogens is 1. The molecule has 0 atom stereocenters. The maximum absolute atomic E-state index is 6.08. The van der Waals surface area contributed by atoms with Gasteiger partial charge in [0, 0.05) is 17.8 Å². The van der Waals surface area contributed by atoms with Gasteiger partial charge in [-0.25, -0.2) is 9.97 Å². The lowest BCUT2D eigenvalue weighted by Gasteiger charge is -2.16. The molecule has 0 aliphatic rings. The molecule has 0 spiro atoms. The standard InChI is InChI=1S/C17H19ClN10/c1-17(2,3)28-25-16(24-26-28)27(4)15-12-13(19-9-20-14(12)22-23-15)21-11-7-5-6-10(18)8-11/h5-9H,1-4H3,(H2,19,20,21,22,23). The highest BCUT2D eigenvalue weighted by Crippen LogP contribution is 2.32. The molecule has 0 saturated carbocycles. The van der Waals surface area contributed by atoms with Crippen LogP contribution in [0.4, 0.5) is 23.3 Å². The summed E-state index contributed by atoms with van der Waals surface area (Å²) in [5.74, 6) is 1.58. The smallest absolute Gasteiger partial charge is 0.271 e. The van der Waals surface area contributed by atoms with Crippen LogP contribution in [-0.4, -0.2) is 47.4 Å². The zero-order valence-corrected chi connectivity index (χ0v) is 16.6. The van der Waals surface area contributed by atoms with Crippen LogP contribution in [0.3, 0.4) is 0 Å². The van der Waals surface area contributed by atoms with Crippen LogP contribution in [0.15, 0.2) is 30.6 Å². The number of benzene rings is 1. The minimum Gasteiger partial charge on any atom is -0.339 e. The van der Waals surface area contributed by atoms with E-state index in [9.17, 15) is 0 Å².